The third-order valence-electron chi connectivity index (χ3n) is 2.24. The van der Waals surface area contributed by atoms with E-state index in [1.807, 2.05) is 18.2 Å². The molecule has 0 radical (unpaired) electrons. The maximum absolute atomic E-state index is 11.9. The lowest BCUT2D eigenvalue weighted by Crippen LogP contribution is -2.24. The van der Waals surface area contributed by atoms with Gasteiger partial charge >= 0.3 is 0 Å². The van der Waals surface area contributed by atoms with Crippen molar-refractivity contribution in [3.63, 3.8) is 0 Å². The molecule has 0 N–H and O–H groups in total. The van der Waals surface area contributed by atoms with E-state index in [9.17, 15) is 9.59 Å². The van der Waals surface area contributed by atoms with Gasteiger partial charge in [0.2, 0.25) is 0 Å². The Morgan fingerprint density at radius 3 is 2.36 bits per heavy atom. The Balaban J connectivity index is 2.90. The minimum atomic E-state index is -0.594. The third-order valence-corrected chi connectivity index (χ3v) is 2.24. The predicted molar refractivity (Wildman–Crippen MR) is 55.2 cm³/mol. The first-order valence-corrected chi connectivity index (χ1v) is 4.61. The molecule has 0 bridgehead atoms. The number of ketones is 1. The van der Waals surface area contributed by atoms with Gasteiger partial charge in [0.1, 0.15) is 6.29 Å². The Kier molecular flexibility index (Phi) is 3.18. The summed E-state index contributed by atoms with van der Waals surface area (Å²) < 4.78 is 0. The highest BCUT2D eigenvalue weighted by Gasteiger charge is 2.27. The van der Waals surface area contributed by atoms with Crippen molar-refractivity contribution in [2.45, 2.75) is 20.3 Å². The van der Waals surface area contributed by atoms with Crippen molar-refractivity contribution in [1.82, 2.24) is 0 Å². The molecule has 0 saturated heterocycles. The van der Waals surface area contributed by atoms with Crippen LogP contribution in [0.25, 0.3) is 0 Å². The Morgan fingerprint density at radius 1 is 1.29 bits per heavy atom. The van der Waals surface area contributed by atoms with Gasteiger partial charge in [-0.05, 0) is 0 Å². The van der Waals surface area contributed by atoms with Crippen molar-refractivity contribution in [2.24, 2.45) is 5.41 Å². The van der Waals surface area contributed by atoms with Gasteiger partial charge in [0, 0.05) is 17.4 Å². The monoisotopic (exact) mass is 190 g/mol. The molecule has 0 spiro atoms. The Bertz CT molecular complexity index is 325. The number of carbonyl (C=O) groups is 2. The number of benzene rings is 1. The van der Waals surface area contributed by atoms with Gasteiger partial charge < -0.3 is 4.79 Å². The highest BCUT2D eigenvalue weighted by molar-refractivity contribution is 6.00. The van der Waals surface area contributed by atoms with E-state index in [1.165, 1.54) is 0 Å². The molecule has 1 aromatic carbocycles. The zero-order chi connectivity index (χ0) is 10.6. The molecule has 0 amide bonds. The molecule has 0 aliphatic heterocycles. The van der Waals surface area contributed by atoms with E-state index < -0.39 is 5.41 Å². The van der Waals surface area contributed by atoms with Gasteiger partial charge in [0.05, 0.1) is 0 Å². The first kappa shape index (κ1) is 10.6. The van der Waals surface area contributed by atoms with Crippen LogP contribution in [0, 0.1) is 5.41 Å². The van der Waals surface area contributed by atoms with E-state index in [-0.39, 0.29) is 12.2 Å². The second kappa shape index (κ2) is 4.18. The largest absolute Gasteiger partial charge is 0.303 e. The van der Waals surface area contributed by atoms with Gasteiger partial charge in [-0.15, -0.1) is 0 Å². The first-order chi connectivity index (χ1) is 6.58. The highest BCUT2D eigenvalue weighted by atomic mass is 16.1. The van der Waals surface area contributed by atoms with Crippen LogP contribution in [0.1, 0.15) is 30.6 Å². The topological polar surface area (TPSA) is 34.1 Å². The van der Waals surface area contributed by atoms with E-state index in [2.05, 4.69) is 0 Å². The lowest BCUT2D eigenvalue weighted by atomic mass is 9.82. The van der Waals surface area contributed by atoms with Crippen LogP contribution in [0.5, 0.6) is 0 Å². The molecule has 1 rings (SSSR count). The van der Waals surface area contributed by atoms with Crippen molar-refractivity contribution < 1.29 is 9.59 Å². The molecule has 2 nitrogen and oxygen atoms in total. The zero-order valence-corrected chi connectivity index (χ0v) is 8.49. The van der Waals surface area contributed by atoms with Gasteiger partial charge in [-0.3, -0.25) is 4.79 Å². The second-order valence-corrected chi connectivity index (χ2v) is 3.95. The Labute approximate surface area is 83.9 Å². The molecule has 74 valence electrons. The third kappa shape index (κ3) is 2.28. The summed E-state index contributed by atoms with van der Waals surface area (Å²) in [5, 5.41) is 0. The molecule has 0 heterocycles. The molecule has 0 unspecified atom stereocenters. The lowest BCUT2D eigenvalue weighted by molar-refractivity contribution is -0.109. The average molecular weight is 190 g/mol. The van der Waals surface area contributed by atoms with Gasteiger partial charge in [-0.25, -0.2) is 0 Å². The maximum Gasteiger partial charge on any atom is 0.168 e. The first-order valence-electron chi connectivity index (χ1n) is 4.61. The molecule has 0 aliphatic rings. The van der Waals surface area contributed by atoms with E-state index in [0.29, 0.717) is 5.56 Å². The number of rotatable bonds is 4. The van der Waals surface area contributed by atoms with Gasteiger partial charge in [-0.1, -0.05) is 44.2 Å². The van der Waals surface area contributed by atoms with E-state index >= 15 is 0 Å². The number of hydrogen-bond donors (Lipinski definition) is 0. The fraction of sp³-hybridized carbons (Fsp3) is 0.333. The van der Waals surface area contributed by atoms with E-state index in [0.717, 1.165) is 6.29 Å². The zero-order valence-electron chi connectivity index (χ0n) is 8.49. The van der Waals surface area contributed by atoms with Crippen LogP contribution in [-0.2, 0) is 4.79 Å². The standard InChI is InChI=1S/C12H14O2/c1-12(2,8-9-13)11(14)10-6-4-3-5-7-10/h3-7,9H,8H2,1-2H3. The summed E-state index contributed by atoms with van der Waals surface area (Å²) in [6, 6.07) is 9.06. The molecule has 0 aromatic heterocycles. The van der Waals surface area contributed by atoms with Gasteiger partial charge in [0.25, 0.3) is 0 Å². The van der Waals surface area contributed by atoms with Crippen LogP contribution in [0.15, 0.2) is 30.3 Å². The number of carbonyl (C=O) groups excluding carboxylic acids is 2. The molecular weight excluding hydrogens is 176 g/mol. The average Bonchev–Trinajstić information content (AvgIpc) is 2.18. The van der Waals surface area contributed by atoms with Crippen LogP contribution in [0.4, 0.5) is 0 Å². The molecule has 1 aromatic rings. The minimum Gasteiger partial charge on any atom is -0.303 e. The van der Waals surface area contributed by atoms with Gasteiger partial charge in [0.15, 0.2) is 5.78 Å². The Morgan fingerprint density at radius 2 is 1.86 bits per heavy atom. The quantitative estimate of drug-likeness (QED) is 0.540. The smallest absolute Gasteiger partial charge is 0.168 e. The van der Waals surface area contributed by atoms with Crippen molar-refractivity contribution >= 4 is 12.1 Å². The summed E-state index contributed by atoms with van der Waals surface area (Å²) >= 11 is 0. The van der Waals surface area contributed by atoms with Crippen LogP contribution in [0.2, 0.25) is 0 Å². The fourth-order valence-corrected chi connectivity index (χ4v) is 1.28. The highest BCUT2D eigenvalue weighted by Crippen LogP contribution is 2.24. The summed E-state index contributed by atoms with van der Waals surface area (Å²) in [7, 11) is 0. The molecular formula is C12H14O2. The van der Waals surface area contributed by atoms with Gasteiger partial charge in [-0.2, -0.15) is 0 Å². The Hall–Kier alpha value is -1.44. The van der Waals surface area contributed by atoms with E-state index in [4.69, 9.17) is 0 Å². The molecule has 0 saturated carbocycles. The maximum atomic E-state index is 11.9. The predicted octanol–water partition coefficient (Wildman–Crippen LogP) is 2.48. The number of hydrogen-bond acceptors (Lipinski definition) is 2. The van der Waals surface area contributed by atoms with Crippen LogP contribution in [0.3, 0.4) is 0 Å². The summed E-state index contributed by atoms with van der Waals surface area (Å²) in [6.45, 7) is 3.58. The molecule has 2 heteroatoms. The number of Topliss-reactive ketones (excluding diaryl/α,β-unsaturated/α-hetero) is 1. The van der Waals surface area contributed by atoms with Crippen molar-refractivity contribution in [3.05, 3.63) is 35.9 Å². The van der Waals surface area contributed by atoms with Crippen LogP contribution < -0.4 is 0 Å². The number of aldehydes is 1. The summed E-state index contributed by atoms with van der Waals surface area (Å²) in [6.07, 6.45) is 1.06. The van der Waals surface area contributed by atoms with E-state index in [1.54, 1.807) is 26.0 Å². The summed E-state index contributed by atoms with van der Waals surface area (Å²) in [4.78, 5) is 22.3. The molecule has 0 atom stereocenters. The lowest BCUT2D eigenvalue weighted by Gasteiger charge is -2.19. The summed E-state index contributed by atoms with van der Waals surface area (Å²) in [5.74, 6) is 0.0187. The summed E-state index contributed by atoms with van der Waals surface area (Å²) in [5.41, 5.74) is 0.0719. The van der Waals surface area contributed by atoms with Crippen molar-refractivity contribution in [1.29, 1.82) is 0 Å². The van der Waals surface area contributed by atoms with Crippen molar-refractivity contribution in [3.8, 4) is 0 Å². The second-order valence-electron chi connectivity index (χ2n) is 3.95. The normalized spacial score (nSPS) is 11.0. The molecule has 14 heavy (non-hydrogen) atoms. The minimum absolute atomic E-state index is 0.0187. The van der Waals surface area contributed by atoms with Crippen molar-refractivity contribution in [2.75, 3.05) is 0 Å². The molecule has 0 fully saturated rings. The van der Waals surface area contributed by atoms with Crippen LogP contribution >= 0.6 is 0 Å². The van der Waals surface area contributed by atoms with Crippen LogP contribution in [-0.4, -0.2) is 12.1 Å². The fourth-order valence-electron chi connectivity index (χ4n) is 1.28. The molecule has 0 aliphatic carbocycles. The SMILES string of the molecule is CC(C)(CC=O)C(=O)c1ccccc1.